The number of hydrogen-bond donors (Lipinski definition) is 1. The van der Waals surface area contributed by atoms with Crippen molar-refractivity contribution in [3.8, 4) is 11.4 Å². The van der Waals surface area contributed by atoms with Crippen LogP contribution in [0.5, 0.6) is 0 Å². The van der Waals surface area contributed by atoms with Crippen molar-refractivity contribution in [1.29, 1.82) is 0 Å². The van der Waals surface area contributed by atoms with Gasteiger partial charge < -0.3 is 14.3 Å². The molecule has 0 bridgehead atoms. The molecule has 1 aliphatic heterocycles. The molecule has 0 aliphatic carbocycles. The van der Waals surface area contributed by atoms with Gasteiger partial charge in [0, 0.05) is 35.2 Å². The molecule has 31 heavy (non-hydrogen) atoms. The minimum Gasteiger partial charge on any atom is -0.464 e. The predicted molar refractivity (Wildman–Crippen MR) is 121 cm³/mol. The van der Waals surface area contributed by atoms with Crippen molar-refractivity contribution in [2.24, 2.45) is 0 Å². The van der Waals surface area contributed by atoms with Gasteiger partial charge in [0.2, 0.25) is 5.91 Å². The first-order chi connectivity index (χ1) is 15.1. The summed E-state index contributed by atoms with van der Waals surface area (Å²) < 4.78 is 7.89. The van der Waals surface area contributed by atoms with E-state index in [2.05, 4.69) is 40.0 Å². The molecule has 6 heteroatoms. The molecule has 0 radical (unpaired) electrons. The molecular formula is C25H26N4O2. The Hall–Kier alpha value is -3.41. The Labute approximate surface area is 181 Å². The molecule has 0 fully saturated rings. The van der Waals surface area contributed by atoms with E-state index in [-0.39, 0.29) is 12.3 Å². The summed E-state index contributed by atoms with van der Waals surface area (Å²) in [7, 11) is 0. The summed E-state index contributed by atoms with van der Waals surface area (Å²) in [5.41, 5.74) is 5.82. The van der Waals surface area contributed by atoms with E-state index in [1.165, 1.54) is 17.5 Å². The van der Waals surface area contributed by atoms with E-state index in [1.54, 1.807) is 6.26 Å². The maximum Gasteiger partial charge on any atom is 0.228 e. The third kappa shape index (κ3) is 3.85. The Morgan fingerprint density at radius 3 is 2.87 bits per heavy atom. The molecule has 2 aromatic heterocycles. The minimum atomic E-state index is -0.0712. The van der Waals surface area contributed by atoms with Gasteiger partial charge in [-0.25, -0.2) is 0 Å². The maximum atomic E-state index is 12.8. The minimum absolute atomic E-state index is 0.0712. The molecule has 1 N–H and O–H groups in total. The highest BCUT2D eigenvalue weighted by Crippen LogP contribution is 2.27. The van der Waals surface area contributed by atoms with Crippen LogP contribution in [0.25, 0.3) is 22.4 Å². The molecule has 0 atom stereocenters. The van der Waals surface area contributed by atoms with Gasteiger partial charge in [0.25, 0.3) is 0 Å². The zero-order valence-corrected chi connectivity index (χ0v) is 17.9. The summed E-state index contributed by atoms with van der Waals surface area (Å²) in [6, 6.07) is 12.0. The van der Waals surface area contributed by atoms with Crippen molar-refractivity contribution in [2.45, 2.75) is 52.5 Å². The van der Waals surface area contributed by atoms with E-state index in [0.717, 1.165) is 65.2 Å². The largest absolute Gasteiger partial charge is 0.464 e. The van der Waals surface area contributed by atoms with Crippen LogP contribution in [0.3, 0.4) is 0 Å². The number of aryl methyl sites for hydroxylation is 3. The van der Waals surface area contributed by atoms with Gasteiger partial charge in [-0.3, -0.25) is 4.79 Å². The summed E-state index contributed by atoms with van der Waals surface area (Å²) in [6.07, 6.45) is 6.45. The number of amides is 1. The molecule has 1 amide bonds. The first kappa shape index (κ1) is 19.5. The van der Waals surface area contributed by atoms with Crippen molar-refractivity contribution in [1.82, 2.24) is 14.8 Å². The molecule has 0 spiro atoms. The highest BCUT2D eigenvalue weighted by Gasteiger charge is 2.17. The van der Waals surface area contributed by atoms with E-state index in [9.17, 15) is 4.79 Å². The second-order valence-electron chi connectivity index (χ2n) is 8.40. The van der Waals surface area contributed by atoms with Gasteiger partial charge in [0.15, 0.2) is 5.82 Å². The number of furan rings is 1. The lowest BCUT2D eigenvalue weighted by Gasteiger charge is -2.09. The molecule has 0 saturated heterocycles. The van der Waals surface area contributed by atoms with Crippen LogP contribution in [-0.4, -0.2) is 20.7 Å². The predicted octanol–water partition coefficient (Wildman–Crippen LogP) is 5.22. The van der Waals surface area contributed by atoms with Crippen LogP contribution in [0.2, 0.25) is 0 Å². The average molecular weight is 415 g/mol. The van der Waals surface area contributed by atoms with Crippen LogP contribution in [-0.2, 0) is 24.2 Å². The third-order valence-corrected chi connectivity index (χ3v) is 6.14. The van der Waals surface area contributed by atoms with E-state index in [0.29, 0.717) is 0 Å². The normalized spacial score (nSPS) is 13.7. The van der Waals surface area contributed by atoms with Crippen LogP contribution in [0.1, 0.15) is 41.8 Å². The lowest BCUT2D eigenvalue weighted by molar-refractivity contribution is -0.115. The fourth-order valence-corrected chi connectivity index (χ4v) is 4.29. The van der Waals surface area contributed by atoms with Crippen molar-refractivity contribution in [2.75, 3.05) is 5.32 Å². The number of anilines is 1. The first-order valence-corrected chi connectivity index (χ1v) is 10.9. The number of nitrogens with one attached hydrogen (secondary N) is 1. The van der Waals surface area contributed by atoms with Gasteiger partial charge in [-0.15, -0.1) is 10.2 Å². The van der Waals surface area contributed by atoms with Crippen molar-refractivity contribution in [3.05, 3.63) is 65.2 Å². The number of carbonyl (C=O) groups excluding carboxylic acids is 1. The summed E-state index contributed by atoms with van der Waals surface area (Å²) in [4.78, 5) is 12.8. The highest BCUT2D eigenvalue weighted by atomic mass is 16.3. The molecule has 0 saturated carbocycles. The number of nitrogens with zero attached hydrogens (tertiary/aromatic N) is 3. The summed E-state index contributed by atoms with van der Waals surface area (Å²) in [6.45, 7) is 5.08. The molecule has 2 aromatic carbocycles. The second-order valence-corrected chi connectivity index (χ2v) is 8.40. The summed E-state index contributed by atoms with van der Waals surface area (Å²) in [5.74, 6) is 1.86. The van der Waals surface area contributed by atoms with Gasteiger partial charge in [-0.05, 0) is 62.1 Å². The molecule has 3 heterocycles. The van der Waals surface area contributed by atoms with Crippen LogP contribution in [0.4, 0.5) is 5.69 Å². The first-order valence-electron chi connectivity index (χ1n) is 10.9. The average Bonchev–Trinajstić information content (AvgIpc) is 3.24. The highest BCUT2D eigenvalue weighted by molar-refractivity contribution is 5.96. The van der Waals surface area contributed by atoms with Gasteiger partial charge in [0.1, 0.15) is 11.4 Å². The SMILES string of the molecule is Cc1cc2occ(CC(=O)Nc3cccc(-c4nnc5n4CCCCC5)c3)c2cc1C. The van der Waals surface area contributed by atoms with Gasteiger partial charge in [-0.1, -0.05) is 18.6 Å². The summed E-state index contributed by atoms with van der Waals surface area (Å²) >= 11 is 0. The standard InChI is InChI=1S/C25H26N4O2/c1-16-11-21-19(15-31-22(21)12-17(16)2)14-24(30)26-20-8-6-7-18(13-20)25-28-27-23-9-4-3-5-10-29(23)25/h6-8,11-13,15H,3-5,9-10,14H2,1-2H3,(H,26,30). The quantitative estimate of drug-likeness (QED) is 0.497. The lowest BCUT2D eigenvalue weighted by atomic mass is 10.0. The maximum absolute atomic E-state index is 12.8. The number of carbonyl (C=O) groups is 1. The van der Waals surface area contributed by atoms with Crippen molar-refractivity contribution < 1.29 is 9.21 Å². The number of benzene rings is 2. The van der Waals surface area contributed by atoms with Crippen LogP contribution >= 0.6 is 0 Å². The fourth-order valence-electron chi connectivity index (χ4n) is 4.29. The van der Waals surface area contributed by atoms with E-state index < -0.39 is 0 Å². The smallest absolute Gasteiger partial charge is 0.228 e. The topological polar surface area (TPSA) is 73.0 Å². The van der Waals surface area contributed by atoms with Gasteiger partial charge in [0.05, 0.1) is 12.7 Å². The Bertz CT molecular complexity index is 1270. The molecular weight excluding hydrogens is 388 g/mol. The molecule has 6 nitrogen and oxygen atoms in total. The van der Waals surface area contributed by atoms with Crippen molar-refractivity contribution in [3.63, 3.8) is 0 Å². The Morgan fingerprint density at radius 1 is 1.10 bits per heavy atom. The Balaban J connectivity index is 1.35. The van der Waals surface area contributed by atoms with Crippen LogP contribution < -0.4 is 5.32 Å². The van der Waals surface area contributed by atoms with E-state index >= 15 is 0 Å². The van der Waals surface area contributed by atoms with E-state index in [1.807, 2.05) is 30.3 Å². The third-order valence-electron chi connectivity index (χ3n) is 6.14. The Morgan fingerprint density at radius 2 is 1.97 bits per heavy atom. The number of aromatic nitrogens is 3. The van der Waals surface area contributed by atoms with Crippen LogP contribution in [0.15, 0.2) is 47.1 Å². The zero-order chi connectivity index (χ0) is 21.4. The zero-order valence-electron chi connectivity index (χ0n) is 17.9. The van der Waals surface area contributed by atoms with Crippen molar-refractivity contribution >= 4 is 22.6 Å². The molecule has 4 aromatic rings. The van der Waals surface area contributed by atoms with Crippen LogP contribution in [0, 0.1) is 13.8 Å². The molecule has 0 unspecified atom stereocenters. The van der Waals surface area contributed by atoms with Gasteiger partial charge >= 0.3 is 0 Å². The molecule has 158 valence electrons. The van der Waals surface area contributed by atoms with E-state index in [4.69, 9.17) is 4.42 Å². The number of rotatable bonds is 4. The number of hydrogen-bond acceptors (Lipinski definition) is 4. The lowest BCUT2D eigenvalue weighted by Crippen LogP contribution is -2.14. The fraction of sp³-hybridized carbons (Fsp3) is 0.320. The number of fused-ring (bicyclic) bond motifs is 2. The van der Waals surface area contributed by atoms with Gasteiger partial charge in [-0.2, -0.15) is 0 Å². The molecule has 5 rings (SSSR count). The Kier molecular flexibility index (Phi) is 5.06. The monoisotopic (exact) mass is 414 g/mol. The summed E-state index contributed by atoms with van der Waals surface area (Å²) in [5, 5.41) is 12.8. The molecule has 1 aliphatic rings. The second kappa shape index (κ2) is 8.02.